The first-order valence-electron chi connectivity index (χ1n) is 10.2. The number of fused-ring (bicyclic) bond motifs is 3. The number of thioether (sulfide) groups is 1. The Balaban J connectivity index is 1.85. The molecule has 6 nitrogen and oxygen atoms in total. The molecule has 3 aliphatic rings. The Bertz CT molecular complexity index is 1180. The molecule has 2 saturated heterocycles. The lowest BCUT2D eigenvalue weighted by atomic mass is 9.72. The summed E-state index contributed by atoms with van der Waals surface area (Å²) in [5.41, 5.74) is 1.12. The second kappa shape index (κ2) is 7.38. The van der Waals surface area contributed by atoms with Crippen molar-refractivity contribution in [2.75, 3.05) is 32.1 Å². The van der Waals surface area contributed by atoms with E-state index in [-0.39, 0.29) is 17.7 Å². The third-order valence-corrected chi connectivity index (χ3v) is 8.99. The second-order valence-corrected chi connectivity index (χ2v) is 10.6. The lowest BCUT2D eigenvalue weighted by molar-refractivity contribution is -0.138. The summed E-state index contributed by atoms with van der Waals surface area (Å²) in [5, 5.41) is 0.514. The number of nitrogens with zero attached hydrogens (tertiary/aromatic N) is 4. The molecule has 3 aliphatic heterocycles. The Kier molecular flexibility index (Phi) is 4.98. The molecular weight excluding hydrogens is 464 g/mol. The molecule has 164 valence electrons. The summed E-state index contributed by atoms with van der Waals surface area (Å²) in [7, 11) is 3.64. The summed E-state index contributed by atoms with van der Waals surface area (Å²) in [6.07, 6.45) is 5.13. The summed E-state index contributed by atoms with van der Waals surface area (Å²) >= 11 is 13.4. The fourth-order valence-corrected chi connectivity index (χ4v) is 7.86. The van der Waals surface area contributed by atoms with Crippen molar-refractivity contribution in [2.45, 2.75) is 16.2 Å². The van der Waals surface area contributed by atoms with E-state index in [9.17, 15) is 9.59 Å². The van der Waals surface area contributed by atoms with E-state index in [1.54, 1.807) is 41.4 Å². The molecule has 9 heteroatoms. The van der Waals surface area contributed by atoms with Gasteiger partial charge < -0.3 is 4.90 Å². The zero-order chi connectivity index (χ0) is 22.8. The Morgan fingerprint density at radius 1 is 1.31 bits per heavy atom. The van der Waals surface area contributed by atoms with Gasteiger partial charge in [0.15, 0.2) is 5.54 Å². The smallest absolute Gasteiger partial charge is 0.254 e. The predicted octanol–water partition coefficient (Wildman–Crippen LogP) is 3.42. The van der Waals surface area contributed by atoms with Crippen molar-refractivity contribution in [1.29, 1.82) is 0 Å². The van der Waals surface area contributed by atoms with E-state index in [1.165, 1.54) is 11.8 Å². The number of likely N-dealkylation sites (N-methyl/N-ethyl adjacent to an activating group) is 2. The Morgan fingerprint density at radius 2 is 2.09 bits per heavy atom. The molecule has 1 aromatic heterocycles. The van der Waals surface area contributed by atoms with Gasteiger partial charge in [0.05, 0.1) is 0 Å². The zero-order valence-electron chi connectivity index (χ0n) is 17.6. The quantitative estimate of drug-likeness (QED) is 0.491. The van der Waals surface area contributed by atoms with Gasteiger partial charge in [-0.25, -0.2) is 0 Å². The molecule has 0 radical (unpaired) electrons. The molecule has 4 heterocycles. The maximum atomic E-state index is 14.3. The summed E-state index contributed by atoms with van der Waals surface area (Å²) in [5.74, 6) is -0.651. The number of hydrogen-bond donors (Lipinski definition) is 0. The first-order chi connectivity index (χ1) is 15.3. The van der Waals surface area contributed by atoms with E-state index in [0.29, 0.717) is 22.4 Å². The number of halogens is 1. The number of benzene rings is 1. The molecule has 1 aromatic carbocycles. The van der Waals surface area contributed by atoms with Crippen LogP contribution in [0.3, 0.4) is 0 Å². The van der Waals surface area contributed by atoms with Gasteiger partial charge in [-0.3, -0.25) is 24.4 Å². The van der Waals surface area contributed by atoms with Crippen molar-refractivity contribution in [3.8, 4) is 0 Å². The summed E-state index contributed by atoms with van der Waals surface area (Å²) in [6.45, 7) is 4.56. The average molecular weight is 485 g/mol. The molecule has 5 rings (SSSR count). The van der Waals surface area contributed by atoms with Crippen LogP contribution in [0.25, 0.3) is 0 Å². The Morgan fingerprint density at radius 3 is 2.78 bits per heavy atom. The SMILES string of the molecule is C=CCN1C(=O)[C@]2(SC1=S)[C@@H](c1cccnc1)CN(C)[C@]21C(=O)N(C)c2ccc(Cl)cc21. The number of aromatic nitrogens is 1. The maximum absolute atomic E-state index is 14.3. The van der Waals surface area contributed by atoms with Gasteiger partial charge in [0.25, 0.3) is 5.91 Å². The van der Waals surface area contributed by atoms with Crippen LogP contribution in [-0.4, -0.2) is 62.9 Å². The third kappa shape index (κ3) is 2.46. The van der Waals surface area contributed by atoms with E-state index in [4.69, 9.17) is 23.8 Å². The number of thiocarbonyl (C=S) groups is 1. The number of carbonyl (C=O) groups excluding carboxylic acids is 2. The van der Waals surface area contributed by atoms with Crippen molar-refractivity contribution in [3.05, 3.63) is 71.5 Å². The highest BCUT2D eigenvalue weighted by Gasteiger charge is 2.78. The fraction of sp³-hybridized carbons (Fsp3) is 0.304. The number of rotatable bonds is 3. The van der Waals surface area contributed by atoms with Gasteiger partial charge in [-0.1, -0.05) is 47.7 Å². The molecule has 0 bridgehead atoms. The van der Waals surface area contributed by atoms with Crippen LogP contribution in [0, 0.1) is 0 Å². The number of pyridine rings is 1. The van der Waals surface area contributed by atoms with Gasteiger partial charge in [-0.15, -0.1) is 6.58 Å². The molecule has 0 unspecified atom stereocenters. The van der Waals surface area contributed by atoms with Crippen molar-refractivity contribution >= 4 is 57.4 Å². The number of amides is 2. The topological polar surface area (TPSA) is 56.8 Å². The molecule has 2 fully saturated rings. The molecule has 32 heavy (non-hydrogen) atoms. The average Bonchev–Trinajstić information content (AvgIpc) is 3.28. The number of anilines is 1. The molecule has 2 amide bonds. The summed E-state index contributed by atoms with van der Waals surface area (Å²) in [4.78, 5) is 37.9. The molecule has 2 spiro atoms. The maximum Gasteiger partial charge on any atom is 0.254 e. The Labute approximate surface area is 201 Å². The van der Waals surface area contributed by atoms with Crippen LogP contribution in [0.5, 0.6) is 0 Å². The van der Waals surface area contributed by atoms with Gasteiger partial charge in [-0.05, 0) is 36.9 Å². The van der Waals surface area contributed by atoms with Crippen molar-refractivity contribution in [1.82, 2.24) is 14.8 Å². The summed E-state index contributed by atoms with van der Waals surface area (Å²) in [6, 6.07) is 9.23. The highest BCUT2D eigenvalue weighted by Crippen LogP contribution is 2.66. The van der Waals surface area contributed by atoms with Gasteiger partial charge in [0, 0.05) is 54.7 Å². The molecule has 0 N–H and O–H groups in total. The van der Waals surface area contributed by atoms with Gasteiger partial charge in [0.2, 0.25) is 5.91 Å². The second-order valence-electron chi connectivity index (χ2n) is 8.26. The number of likely N-dealkylation sites (tertiary alicyclic amines) is 1. The molecule has 0 aliphatic carbocycles. The molecule has 2 aromatic rings. The van der Waals surface area contributed by atoms with E-state index in [1.807, 2.05) is 36.2 Å². The first-order valence-corrected chi connectivity index (χ1v) is 11.8. The van der Waals surface area contributed by atoms with Gasteiger partial charge >= 0.3 is 0 Å². The predicted molar refractivity (Wildman–Crippen MR) is 131 cm³/mol. The molecule has 0 saturated carbocycles. The van der Waals surface area contributed by atoms with E-state index in [2.05, 4.69) is 11.6 Å². The standard InChI is InChI=1S/C23H21ClN4O2S2/c1-4-10-28-20(30)23(32-21(28)31)17(14-6-5-9-25-12-14)13-26(2)22(23)16-11-15(24)7-8-18(16)27(3)19(22)29/h4-9,11-12,17H,1,10,13H2,2-3H3/t17-,22-,23-/m1/s1. The van der Waals surface area contributed by atoms with E-state index >= 15 is 0 Å². The molecule has 3 atom stereocenters. The van der Waals surface area contributed by atoms with Crippen LogP contribution in [-0.2, 0) is 15.1 Å². The van der Waals surface area contributed by atoms with E-state index in [0.717, 1.165) is 16.8 Å². The van der Waals surface area contributed by atoms with Crippen LogP contribution in [0.4, 0.5) is 5.69 Å². The lowest BCUT2D eigenvalue weighted by Crippen LogP contribution is -2.62. The summed E-state index contributed by atoms with van der Waals surface area (Å²) < 4.78 is -0.754. The fourth-order valence-electron chi connectivity index (χ4n) is 5.54. The monoisotopic (exact) mass is 484 g/mol. The van der Waals surface area contributed by atoms with Gasteiger partial charge in [0.1, 0.15) is 9.07 Å². The minimum absolute atomic E-state index is 0.159. The van der Waals surface area contributed by atoms with Crippen LogP contribution in [0.2, 0.25) is 5.02 Å². The minimum atomic E-state index is -1.26. The highest BCUT2D eigenvalue weighted by atomic mass is 35.5. The third-order valence-electron chi connectivity index (χ3n) is 6.81. The zero-order valence-corrected chi connectivity index (χ0v) is 20.0. The van der Waals surface area contributed by atoms with Crippen LogP contribution < -0.4 is 4.90 Å². The Hall–Kier alpha value is -2.26. The lowest BCUT2D eigenvalue weighted by Gasteiger charge is -2.42. The van der Waals surface area contributed by atoms with Crippen LogP contribution in [0.15, 0.2) is 55.4 Å². The first kappa shape index (κ1) is 21.6. The van der Waals surface area contributed by atoms with Crippen molar-refractivity contribution < 1.29 is 9.59 Å². The van der Waals surface area contributed by atoms with Crippen LogP contribution in [0.1, 0.15) is 17.0 Å². The largest absolute Gasteiger partial charge is 0.313 e. The normalized spacial score (nSPS) is 29.6. The van der Waals surface area contributed by atoms with Gasteiger partial charge in [-0.2, -0.15) is 0 Å². The number of hydrogen-bond acceptors (Lipinski definition) is 6. The minimum Gasteiger partial charge on any atom is -0.313 e. The van der Waals surface area contributed by atoms with E-state index < -0.39 is 10.3 Å². The van der Waals surface area contributed by atoms with Crippen LogP contribution >= 0.6 is 35.6 Å². The number of carbonyl (C=O) groups is 2. The highest BCUT2D eigenvalue weighted by molar-refractivity contribution is 8.25. The van der Waals surface area contributed by atoms with Crippen molar-refractivity contribution in [2.24, 2.45) is 0 Å². The molecular formula is C23H21ClN4O2S2. The van der Waals surface area contributed by atoms with Crippen molar-refractivity contribution in [3.63, 3.8) is 0 Å².